The van der Waals surface area contributed by atoms with E-state index in [9.17, 15) is 21.6 Å². The van der Waals surface area contributed by atoms with Crippen LogP contribution in [0.5, 0.6) is 0 Å². The van der Waals surface area contributed by atoms with Crippen LogP contribution in [0, 0.1) is 10.8 Å². The molecule has 3 rings (SSSR count). The van der Waals surface area contributed by atoms with E-state index in [1.165, 1.54) is 0 Å². The highest BCUT2D eigenvalue weighted by molar-refractivity contribution is 7.92. The lowest BCUT2D eigenvalue weighted by Gasteiger charge is -2.52. The van der Waals surface area contributed by atoms with E-state index in [0.29, 0.717) is 5.41 Å². The number of sulfone groups is 1. The van der Waals surface area contributed by atoms with E-state index in [2.05, 4.69) is 6.92 Å². The van der Waals surface area contributed by atoms with Crippen molar-refractivity contribution in [3.8, 4) is 0 Å². The zero-order valence-corrected chi connectivity index (χ0v) is 11.3. The molecule has 3 saturated carbocycles. The van der Waals surface area contributed by atoms with Gasteiger partial charge in [-0.15, -0.1) is 0 Å². The van der Waals surface area contributed by atoms with Crippen LogP contribution in [0.1, 0.15) is 51.9 Å². The van der Waals surface area contributed by atoms with Crippen molar-refractivity contribution < 1.29 is 21.6 Å². The van der Waals surface area contributed by atoms with Crippen molar-refractivity contribution in [1.82, 2.24) is 0 Å². The summed E-state index contributed by atoms with van der Waals surface area (Å²) in [6.07, 6.45) is 5.91. The fourth-order valence-electron chi connectivity index (χ4n) is 3.29. The fraction of sp³-hybridized carbons (Fsp3) is 1.00. The Morgan fingerprint density at radius 2 is 1.44 bits per heavy atom. The molecule has 0 aromatic carbocycles. The Kier molecular flexibility index (Phi) is 3.24. The van der Waals surface area contributed by atoms with Gasteiger partial charge in [0.1, 0.15) is 0 Å². The Morgan fingerprint density at radius 3 is 1.83 bits per heavy atom. The van der Waals surface area contributed by atoms with Gasteiger partial charge in [-0.1, -0.05) is 6.92 Å². The molecule has 3 aliphatic rings. The summed E-state index contributed by atoms with van der Waals surface area (Å²) in [4.78, 5) is 0. The van der Waals surface area contributed by atoms with E-state index in [4.69, 9.17) is 0 Å². The number of rotatable bonds is 3. The zero-order valence-electron chi connectivity index (χ0n) is 10.5. The van der Waals surface area contributed by atoms with Gasteiger partial charge in [0.05, 0.1) is 5.75 Å². The Bertz CT molecular complexity index is 401. The number of hydrogen-bond donors (Lipinski definition) is 0. The summed E-state index contributed by atoms with van der Waals surface area (Å²) in [5.41, 5.74) is -4.89. The highest BCUT2D eigenvalue weighted by Crippen LogP contribution is 2.58. The van der Waals surface area contributed by atoms with Gasteiger partial charge < -0.3 is 0 Å². The first-order valence-electron chi connectivity index (χ1n) is 6.37. The van der Waals surface area contributed by atoms with Crippen molar-refractivity contribution in [2.45, 2.75) is 57.4 Å². The molecule has 0 aliphatic heterocycles. The lowest BCUT2D eigenvalue weighted by molar-refractivity contribution is -0.0446. The molecule has 0 atom stereocenters. The fourth-order valence-corrected chi connectivity index (χ4v) is 4.23. The molecule has 0 radical (unpaired) electrons. The minimum Gasteiger partial charge on any atom is -0.220 e. The second kappa shape index (κ2) is 4.12. The van der Waals surface area contributed by atoms with Gasteiger partial charge in [0.25, 0.3) is 0 Å². The topological polar surface area (TPSA) is 34.1 Å². The van der Waals surface area contributed by atoms with Gasteiger partial charge in [-0.3, -0.25) is 0 Å². The van der Waals surface area contributed by atoms with Gasteiger partial charge in [0, 0.05) is 0 Å². The number of halogens is 3. The molecule has 0 unspecified atom stereocenters. The summed E-state index contributed by atoms with van der Waals surface area (Å²) in [5, 5.41) is 0. The summed E-state index contributed by atoms with van der Waals surface area (Å²) in [6, 6.07) is 0. The Labute approximate surface area is 106 Å². The van der Waals surface area contributed by atoms with Crippen molar-refractivity contribution in [3.05, 3.63) is 0 Å². The summed E-state index contributed by atoms with van der Waals surface area (Å²) in [6.45, 7) is 2.22. The minimum absolute atomic E-state index is 0.143. The first-order chi connectivity index (χ1) is 8.08. The van der Waals surface area contributed by atoms with Gasteiger partial charge in [-0.05, 0) is 55.8 Å². The van der Waals surface area contributed by atoms with Crippen LogP contribution in [-0.2, 0) is 9.84 Å². The second-order valence-electron chi connectivity index (χ2n) is 6.33. The van der Waals surface area contributed by atoms with E-state index in [0.717, 1.165) is 38.5 Å². The maximum absolute atomic E-state index is 12.3. The maximum Gasteiger partial charge on any atom is 0.497 e. The van der Waals surface area contributed by atoms with Gasteiger partial charge in [-0.2, -0.15) is 13.2 Å². The van der Waals surface area contributed by atoms with Crippen molar-refractivity contribution >= 4 is 9.84 Å². The SMILES string of the molecule is CC12CCC(CCS(=O)(=O)C(F)(F)F)(CC1)CC2. The third-order valence-electron chi connectivity index (χ3n) is 5.03. The quantitative estimate of drug-likeness (QED) is 0.792. The van der Waals surface area contributed by atoms with Gasteiger partial charge in [0.15, 0.2) is 0 Å². The lowest BCUT2D eigenvalue weighted by atomic mass is 9.54. The Balaban J connectivity index is 2.00. The van der Waals surface area contributed by atoms with Crippen molar-refractivity contribution in [2.75, 3.05) is 5.75 Å². The first-order valence-corrected chi connectivity index (χ1v) is 8.02. The van der Waals surface area contributed by atoms with Gasteiger partial charge in [-0.25, -0.2) is 8.42 Å². The average Bonchev–Trinajstić information content (AvgIpc) is 2.27. The van der Waals surface area contributed by atoms with E-state index in [-0.39, 0.29) is 11.8 Å². The third kappa shape index (κ3) is 2.53. The average molecular weight is 284 g/mol. The van der Waals surface area contributed by atoms with E-state index in [1.807, 2.05) is 0 Å². The monoisotopic (exact) mass is 284 g/mol. The van der Waals surface area contributed by atoms with Gasteiger partial charge >= 0.3 is 5.51 Å². The van der Waals surface area contributed by atoms with Crippen LogP contribution in [0.3, 0.4) is 0 Å². The highest BCUT2D eigenvalue weighted by Gasteiger charge is 2.49. The van der Waals surface area contributed by atoms with Crippen LogP contribution in [0.15, 0.2) is 0 Å². The van der Waals surface area contributed by atoms with Crippen LogP contribution in [0.25, 0.3) is 0 Å². The molecule has 0 spiro atoms. The lowest BCUT2D eigenvalue weighted by Crippen LogP contribution is -2.41. The molecule has 0 N–H and O–H groups in total. The van der Waals surface area contributed by atoms with Crippen LogP contribution in [0.2, 0.25) is 0 Å². The molecular formula is C12H19F3O2S. The number of alkyl halides is 3. The predicted molar refractivity (Wildman–Crippen MR) is 62.7 cm³/mol. The Hall–Kier alpha value is -0.260. The third-order valence-corrected chi connectivity index (χ3v) is 6.48. The summed E-state index contributed by atoms with van der Waals surface area (Å²) in [5.74, 6) is -0.743. The summed E-state index contributed by atoms with van der Waals surface area (Å²) >= 11 is 0. The van der Waals surface area contributed by atoms with Crippen LogP contribution in [0.4, 0.5) is 13.2 Å². The standard InChI is InChI=1S/C12H19F3O2S/c1-10-2-5-11(6-3-10,7-4-10)8-9-18(16,17)12(13,14)15/h2-9H2,1H3. The zero-order chi connectivity index (χ0) is 13.7. The van der Waals surface area contributed by atoms with E-state index in [1.54, 1.807) is 0 Å². The summed E-state index contributed by atoms with van der Waals surface area (Å²) in [7, 11) is -4.94. The molecule has 6 heteroatoms. The molecule has 2 bridgehead atoms. The summed E-state index contributed by atoms with van der Waals surface area (Å²) < 4.78 is 59.1. The predicted octanol–water partition coefficient (Wildman–Crippen LogP) is 3.67. The van der Waals surface area contributed by atoms with Crippen molar-refractivity contribution in [2.24, 2.45) is 10.8 Å². The molecule has 106 valence electrons. The molecule has 0 heterocycles. The second-order valence-corrected chi connectivity index (χ2v) is 8.43. The van der Waals surface area contributed by atoms with Crippen molar-refractivity contribution in [1.29, 1.82) is 0 Å². The molecule has 3 fully saturated rings. The molecule has 0 saturated heterocycles. The van der Waals surface area contributed by atoms with E-state index >= 15 is 0 Å². The minimum atomic E-state index is -5.10. The highest BCUT2D eigenvalue weighted by atomic mass is 32.2. The Morgan fingerprint density at radius 1 is 1.00 bits per heavy atom. The number of hydrogen-bond acceptors (Lipinski definition) is 2. The molecule has 3 aliphatic carbocycles. The normalized spacial score (nSPS) is 36.9. The molecule has 0 aromatic rings. The maximum atomic E-state index is 12.3. The number of fused-ring (bicyclic) bond motifs is 3. The molecular weight excluding hydrogens is 265 g/mol. The van der Waals surface area contributed by atoms with Crippen LogP contribution >= 0.6 is 0 Å². The van der Waals surface area contributed by atoms with Crippen LogP contribution < -0.4 is 0 Å². The van der Waals surface area contributed by atoms with E-state index < -0.39 is 21.1 Å². The van der Waals surface area contributed by atoms with Gasteiger partial charge in [0.2, 0.25) is 9.84 Å². The van der Waals surface area contributed by atoms with Crippen molar-refractivity contribution in [3.63, 3.8) is 0 Å². The molecule has 18 heavy (non-hydrogen) atoms. The first kappa shape index (κ1) is 14.2. The largest absolute Gasteiger partial charge is 0.497 e. The smallest absolute Gasteiger partial charge is 0.220 e. The van der Waals surface area contributed by atoms with Crippen LogP contribution in [-0.4, -0.2) is 19.7 Å². The molecule has 0 aromatic heterocycles. The molecule has 0 amide bonds. The molecule has 2 nitrogen and oxygen atoms in total.